The maximum atomic E-state index is 11.9. The van der Waals surface area contributed by atoms with Crippen molar-refractivity contribution >= 4 is 39.1 Å². The number of nitrogens with two attached hydrogens (primary N) is 2. The van der Waals surface area contributed by atoms with Crippen LogP contribution >= 0.6 is 11.3 Å². The quantitative estimate of drug-likeness (QED) is 0.678. The first-order chi connectivity index (χ1) is 12.5. The van der Waals surface area contributed by atoms with Gasteiger partial charge in [-0.3, -0.25) is 4.90 Å². The second kappa shape index (κ2) is 7.70. The van der Waals surface area contributed by atoms with E-state index in [-0.39, 0.29) is 0 Å². The number of hydrogen-bond acceptors (Lipinski definition) is 5. The van der Waals surface area contributed by atoms with E-state index in [0.29, 0.717) is 18.3 Å². The van der Waals surface area contributed by atoms with Crippen molar-refractivity contribution in [3.05, 3.63) is 36.0 Å². The van der Waals surface area contributed by atoms with Gasteiger partial charge in [0.1, 0.15) is 17.0 Å². The maximum absolute atomic E-state index is 11.9. The minimum Gasteiger partial charge on any atom is -0.383 e. The van der Waals surface area contributed by atoms with Crippen LogP contribution in [0.4, 0.5) is 16.3 Å². The average molecular weight is 369 g/mol. The van der Waals surface area contributed by atoms with Gasteiger partial charge in [-0.05, 0) is 23.6 Å². The topological polar surface area (TPSA) is 98.1 Å². The number of fused-ring (bicyclic) bond motifs is 1. The summed E-state index contributed by atoms with van der Waals surface area (Å²) in [6.45, 7) is 4.89. The molecule has 2 amide bonds. The lowest BCUT2D eigenvalue weighted by molar-refractivity contribution is 0.252. The molecule has 0 bridgehead atoms. The van der Waals surface area contributed by atoms with E-state index >= 15 is 0 Å². The van der Waals surface area contributed by atoms with Gasteiger partial charge in [0.2, 0.25) is 0 Å². The Bertz CT molecular complexity index is 902. The molecule has 3 rings (SSSR count). The summed E-state index contributed by atoms with van der Waals surface area (Å²) >= 11 is 1.54. The molecule has 0 aliphatic carbocycles. The number of nitrogens with zero attached hydrogens (tertiary/aromatic N) is 3. The van der Waals surface area contributed by atoms with Crippen LogP contribution in [0, 0.1) is 5.92 Å². The van der Waals surface area contributed by atoms with Gasteiger partial charge in [-0.2, -0.15) is 0 Å². The first-order valence-electron chi connectivity index (χ1n) is 8.70. The van der Waals surface area contributed by atoms with Crippen LogP contribution in [0.2, 0.25) is 0 Å². The molecule has 0 aliphatic heterocycles. The van der Waals surface area contributed by atoms with Gasteiger partial charge in [0.05, 0.1) is 5.39 Å². The molecule has 0 spiro atoms. The highest BCUT2D eigenvalue weighted by Crippen LogP contribution is 2.36. The molecule has 4 N–H and O–H groups in total. The summed E-state index contributed by atoms with van der Waals surface area (Å²) in [6.07, 6.45) is 3.50. The standard InChI is InChI=1S/C19H23N5OS/c1-3-12(4-2)9-24(19(21)25)14-7-5-13(6-8-14)15-10-26-18-16(15)17(20)22-11-23-18/h5-8,10-12H,3-4,9H2,1-2H3,(H2,21,25)(H2,20,22,23). The summed E-state index contributed by atoms with van der Waals surface area (Å²) in [5.74, 6) is 0.905. The number of aromatic nitrogens is 2. The molecule has 136 valence electrons. The van der Waals surface area contributed by atoms with E-state index in [2.05, 4.69) is 23.8 Å². The van der Waals surface area contributed by atoms with Crippen LogP contribution < -0.4 is 16.4 Å². The SMILES string of the molecule is CCC(CC)CN(C(N)=O)c1ccc(-c2csc3ncnc(N)c23)cc1. The Morgan fingerprint density at radius 2 is 1.88 bits per heavy atom. The number of hydrogen-bond donors (Lipinski definition) is 2. The third-order valence-corrected chi connectivity index (χ3v) is 5.64. The number of anilines is 2. The molecule has 0 unspecified atom stereocenters. The van der Waals surface area contributed by atoms with Crippen LogP contribution in [0.1, 0.15) is 26.7 Å². The fraction of sp³-hybridized carbons (Fsp3) is 0.316. The lowest BCUT2D eigenvalue weighted by Crippen LogP contribution is -2.39. The molecule has 6 nitrogen and oxygen atoms in total. The lowest BCUT2D eigenvalue weighted by atomic mass is 10.0. The summed E-state index contributed by atoms with van der Waals surface area (Å²) in [4.78, 5) is 22.8. The zero-order chi connectivity index (χ0) is 18.7. The second-order valence-corrected chi connectivity index (χ2v) is 7.12. The number of primary amides is 1. The molecule has 0 radical (unpaired) electrons. The van der Waals surface area contributed by atoms with E-state index in [0.717, 1.165) is 39.9 Å². The second-order valence-electron chi connectivity index (χ2n) is 6.27. The van der Waals surface area contributed by atoms with Crippen molar-refractivity contribution in [1.82, 2.24) is 9.97 Å². The van der Waals surface area contributed by atoms with E-state index in [1.165, 1.54) is 17.7 Å². The van der Waals surface area contributed by atoms with Gasteiger partial charge in [0.25, 0.3) is 0 Å². The summed E-state index contributed by atoms with van der Waals surface area (Å²) in [6, 6.07) is 7.37. The third kappa shape index (κ3) is 3.48. The fourth-order valence-electron chi connectivity index (χ4n) is 3.06. The van der Waals surface area contributed by atoms with Crippen molar-refractivity contribution in [1.29, 1.82) is 0 Å². The molecule has 26 heavy (non-hydrogen) atoms. The number of thiophene rings is 1. The molecule has 3 aromatic rings. The predicted molar refractivity (Wildman–Crippen MR) is 108 cm³/mol. The largest absolute Gasteiger partial charge is 0.383 e. The van der Waals surface area contributed by atoms with E-state index < -0.39 is 6.03 Å². The highest BCUT2D eigenvalue weighted by atomic mass is 32.1. The van der Waals surface area contributed by atoms with Gasteiger partial charge in [0, 0.05) is 23.2 Å². The van der Waals surface area contributed by atoms with E-state index in [4.69, 9.17) is 11.5 Å². The van der Waals surface area contributed by atoms with E-state index in [1.54, 1.807) is 4.90 Å². The number of carbonyl (C=O) groups excluding carboxylic acids is 1. The summed E-state index contributed by atoms with van der Waals surface area (Å²) < 4.78 is 0. The monoisotopic (exact) mass is 369 g/mol. The first kappa shape index (κ1) is 18.1. The third-order valence-electron chi connectivity index (χ3n) is 4.75. The minimum atomic E-state index is -0.428. The fourth-order valence-corrected chi connectivity index (χ4v) is 3.98. The summed E-state index contributed by atoms with van der Waals surface area (Å²) in [5.41, 5.74) is 14.4. The molecular formula is C19H23N5OS. The molecule has 7 heteroatoms. The Morgan fingerprint density at radius 3 is 2.50 bits per heavy atom. The summed E-state index contributed by atoms with van der Waals surface area (Å²) in [5, 5.41) is 2.90. The van der Waals surface area contributed by atoms with Gasteiger partial charge in [-0.15, -0.1) is 11.3 Å². The molecule has 0 saturated heterocycles. The molecular weight excluding hydrogens is 346 g/mol. The van der Waals surface area contributed by atoms with Crippen molar-refractivity contribution in [2.75, 3.05) is 17.2 Å². The van der Waals surface area contributed by atoms with Crippen molar-refractivity contribution in [2.24, 2.45) is 11.7 Å². The van der Waals surface area contributed by atoms with Crippen molar-refractivity contribution < 1.29 is 4.79 Å². The highest BCUT2D eigenvalue weighted by Gasteiger charge is 2.17. The Morgan fingerprint density at radius 1 is 1.19 bits per heavy atom. The molecule has 0 fully saturated rings. The van der Waals surface area contributed by atoms with Crippen molar-refractivity contribution in [3.8, 4) is 11.1 Å². The molecule has 1 aromatic carbocycles. The molecule has 0 saturated carbocycles. The lowest BCUT2D eigenvalue weighted by Gasteiger charge is -2.25. The van der Waals surface area contributed by atoms with Crippen LogP contribution in [0.15, 0.2) is 36.0 Å². The van der Waals surface area contributed by atoms with Gasteiger partial charge in [-0.25, -0.2) is 14.8 Å². The molecule has 0 atom stereocenters. The van der Waals surface area contributed by atoms with Crippen molar-refractivity contribution in [2.45, 2.75) is 26.7 Å². The Kier molecular flexibility index (Phi) is 5.37. The van der Waals surface area contributed by atoms with Gasteiger partial charge < -0.3 is 11.5 Å². The number of carbonyl (C=O) groups is 1. The van der Waals surface area contributed by atoms with Gasteiger partial charge >= 0.3 is 6.03 Å². The van der Waals surface area contributed by atoms with Gasteiger partial charge in [0.15, 0.2) is 0 Å². The zero-order valence-corrected chi connectivity index (χ0v) is 15.8. The average Bonchev–Trinajstić information content (AvgIpc) is 3.08. The molecule has 2 aromatic heterocycles. The van der Waals surface area contributed by atoms with Gasteiger partial charge in [-0.1, -0.05) is 38.8 Å². The van der Waals surface area contributed by atoms with E-state index in [9.17, 15) is 4.79 Å². The van der Waals surface area contributed by atoms with Crippen LogP contribution in [-0.2, 0) is 0 Å². The minimum absolute atomic E-state index is 0.428. The van der Waals surface area contributed by atoms with Crippen molar-refractivity contribution in [3.63, 3.8) is 0 Å². The smallest absolute Gasteiger partial charge is 0.319 e. The number of rotatable bonds is 6. The van der Waals surface area contributed by atoms with Crippen LogP contribution in [0.25, 0.3) is 21.3 Å². The Hall–Kier alpha value is -2.67. The number of nitrogen functional groups attached to an aromatic ring is 1. The zero-order valence-electron chi connectivity index (χ0n) is 15.0. The Labute approximate surface area is 156 Å². The number of urea groups is 1. The molecule has 0 aliphatic rings. The number of benzene rings is 1. The Balaban J connectivity index is 1.93. The summed E-state index contributed by atoms with van der Waals surface area (Å²) in [7, 11) is 0. The normalized spacial score (nSPS) is 11.2. The predicted octanol–water partition coefficient (Wildman–Crippen LogP) is 4.26. The molecule has 2 heterocycles. The first-order valence-corrected chi connectivity index (χ1v) is 9.58. The van der Waals surface area contributed by atoms with E-state index in [1.807, 2.05) is 29.6 Å². The highest BCUT2D eigenvalue weighted by molar-refractivity contribution is 7.17. The number of amides is 2. The maximum Gasteiger partial charge on any atom is 0.319 e. The van der Waals surface area contributed by atoms with Crippen LogP contribution in [-0.4, -0.2) is 22.5 Å². The van der Waals surface area contributed by atoms with Crippen LogP contribution in [0.3, 0.4) is 0 Å². The van der Waals surface area contributed by atoms with Crippen LogP contribution in [0.5, 0.6) is 0 Å².